The summed E-state index contributed by atoms with van der Waals surface area (Å²) in [6.45, 7) is 1.54. The maximum absolute atomic E-state index is 6.37. The molecule has 9 heteroatoms. The first-order chi connectivity index (χ1) is 14.6. The fourth-order valence-electron chi connectivity index (χ4n) is 4.86. The topological polar surface area (TPSA) is 58.6 Å². The molecule has 0 saturated heterocycles. The van der Waals surface area contributed by atoms with Crippen molar-refractivity contribution in [2.45, 2.75) is 25.2 Å². The maximum atomic E-state index is 6.37. The predicted molar refractivity (Wildman–Crippen MR) is 120 cm³/mol. The molecular formula is C22H25BrClNO6. The quantitative estimate of drug-likeness (QED) is 0.598. The van der Waals surface area contributed by atoms with Crippen LogP contribution in [0.15, 0.2) is 16.6 Å². The number of nitrogens with zero attached hydrogens (tertiary/aromatic N) is 1. The number of likely N-dealkylation sites (N-methyl/N-ethyl adjacent to an activating group) is 1. The zero-order chi connectivity index (χ0) is 21.0. The lowest BCUT2D eigenvalue weighted by molar-refractivity contribution is -0.00488. The summed E-state index contributed by atoms with van der Waals surface area (Å²) in [5.74, 6) is 3.52. The Morgan fingerprint density at radius 3 is 2.45 bits per heavy atom. The SMILES string of the molecule is COc1ccc2c(c1OC)CO[C@@H]2C1c2c(c(Br)c3c(c2OC)OCO3)CCN1C.Cl. The Balaban J connectivity index is 0.00000231. The summed E-state index contributed by atoms with van der Waals surface area (Å²) in [7, 11) is 7.10. The van der Waals surface area contributed by atoms with Gasteiger partial charge in [-0.1, -0.05) is 6.07 Å². The maximum Gasteiger partial charge on any atom is 0.231 e. The summed E-state index contributed by atoms with van der Waals surface area (Å²) in [5, 5.41) is 0. The van der Waals surface area contributed by atoms with Crippen LogP contribution in [0.1, 0.15) is 34.4 Å². The summed E-state index contributed by atoms with van der Waals surface area (Å²) in [6.07, 6.45) is 0.701. The lowest BCUT2D eigenvalue weighted by atomic mass is 9.85. The highest BCUT2D eigenvalue weighted by atomic mass is 79.9. The van der Waals surface area contributed by atoms with Crippen molar-refractivity contribution in [3.05, 3.63) is 38.9 Å². The van der Waals surface area contributed by atoms with Crippen LogP contribution >= 0.6 is 28.3 Å². The van der Waals surface area contributed by atoms with E-state index in [2.05, 4.69) is 33.9 Å². The van der Waals surface area contributed by atoms with Crippen molar-refractivity contribution < 1.29 is 28.4 Å². The normalized spacial score (nSPS) is 21.2. The van der Waals surface area contributed by atoms with Gasteiger partial charge >= 0.3 is 0 Å². The van der Waals surface area contributed by atoms with Crippen LogP contribution < -0.4 is 23.7 Å². The van der Waals surface area contributed by atoms with Crippen LogP contribution in [0.25, 0.3) is 0 Å². The molecule has 2 aromatic rings. The third-order valence-corrected chi connectivity index (χ3v) is 7.07. The fourth-order valence-corrected chi connectivity index (χ4v) is 5.57. The first kappa shape index (κ1) is 22.3. The lowest BCUT2D eigenvalue weighted by Crippen LogP contribution is -2.36. The lowest BCUT2D eigenvalue weighted by Gasteiger charge is -2.39. The molecule has 5 rings (SSSR count). The van der Waals surface area contributed by atoms with Crippen LogP contribution in [0, 0.1) is 0 Å². The Morgan fingerprint density at radius 2 is 1.74 bits per heavy atom. The highest BCUT2D eigenvalue weighted by molar-refractivity contribution is 9.10. The van der Waals surface area contributed by atoms with Gasteiger partial charge in [-0.25, -0.2) is 0 Å². The zero-order valence-corrected chi connectivity index (χ0v) is 20.2. The van der Waals surface area contributed by atoms with Crippen molar-refractivity contribution in [3.8, 4) is 28.7 Å². The summed E-state index contributed by atoms with van der Waals surface area (Å²) >= 11 is 3.75. The first-order valence-corrected chi connectivity index (χ1v) is 10.6. The van der Waals surface area contributed by atoms with E-state index in [0.29, 0.717) is 23.9 Å². The van der Waals surface area contributed by atoms with Gasteiger partial charge in [0.2, 0.25) is 12.5 Å². The fraction of sp³-hybridized carbons (Fsp3) is 0.455. The van der Waals surface area contributed by atoms with Crippen LogP contribution in [0.2, 0.25) is 0 Å². The van der Waals surface area contributed by atoms with E-state index in [0.717, 1.165) is 45.6 Å². The van der Waals surface area contributed by atoms with Crippen LogP contribution in [-0.4, -0.2) is 46.6 Å². The van der Waals surface area contributed by atoms with Gasteiger partial charge in [-0.2, -0.15) is 0 Å². The minimum absolute atomic E-state index is 0. The van der Waals surface area contributed by atoms with Gasteiger partial charge in [-0.3, -0.25) is 4.90 Å². The molecule has 2 aromatic carbocycles. The van der Waals surface area contributed by atoms with Crippen LogP contribution in [-0.2, 0) is 17.8 Å². The van der Waals surface area contributed by atoms with E-state index >= 15 is 0 Å². The van der Waals surface area contributed by atoms with Crippen molar-refractivity contribution in [1.29, 1.82) is 0 Å². The number of methoxy groups -OCH3 is 3. The van der Waals surface area contributed by atoms with Crippen molar-refractivity contribution in [2.75, 3.05) is 41.7 Å². The predicted octanol–water partition coefficient (Wildman–Crippen LogP) is 4.43. The minimum atomic E-state index is -0.176. The Bertz CT molecular complexity index is 1020. The van der Waals surface area contributed by atoms with E-state index in [1.807, 2.05) is 6.07 Å². The zero-order valence-electron chi connectivity index (χ0n) is 17.8. The average Bonchev–Trinajstić information content (AvgIpc) is 3.41. The number of rotatable bonds is 4. The second-order valence-corrected chi connectivity index (χ2v) is 8.37. The van der Waals surface area contributed by atoms with Crippen LogP contribution in [0.5, 0.6) is 28.7 Å². The Hall–Kier alpha value is -1.87. The molecule has 0 radical (unpaired) electrons. The van der Waals surface area contributed by atoms with Crippen molar-refractivity contribution in [1.82, 2.24) is 4.90 Å². The van der Waals surface area contributed by atoms with Gasteiger partial charge in [-0.05, 0) is 46.6 Å². The number of hydrogen-bond donors (Lipinski definition) is 0. The van der Waals surface area contributed by atoms with Crippen LogP contribution in [0.3, 0.4) is 0 Å². The Kier molecular flexibility index (Phi) is 6.18. The summed E-state index contributed by atoms with van der Waals surface area (Å²) in [5.41, 5.74) is 4.39. The number of benzene rings is 2. The monoisotopic (exact) mass is 513 g/mol. The summed E-state index contributed by atoms with van der Waals surface area (Å²) in [6, 6.07) is 3.97. The van der Waals surface area contributed by atoms with E-state index in [1.165, 1.54) is 5.56 Å². The molecule has 0 fully saturated rings. The van der Waals surface area contributed by atoms with Crippen molar-refractivity contribution in [2.24, 2.45) is 0 Å². The van der Waals surface area contributed by atoms with Gasteiger partial charge in [0.1, 0.15) is 6.10 Å². The summed E-state index contributed by atoms with van der Waals surface area (Å²) < 4.78 is 35.8. The Labute approximate surface area is 196 Å². The second-order valence-electron chi connectivity index (χ2n) is 7.58. The molecule has 31 heavy (non-hydrogen) atoms. The molecule has 3 aliphatic rings. The van der Waals surface area contributed by atoms with Gasteiger partial charge in [0, 0.05) is 17.7 Å². The second kappa shape index (κ2) is 8.58. The highest BCUT2D eigenvalue weighted by Gasteiger charge is 2.43. The number of fused-ring (bicyclic) bond motifs is 3. The molecule has 2 atom stereocenters. The first-order valence-electron chi connectivity index (χ1n) is 9.84. The molecule has 1 unspecified atom stereocenters. The number of halogens is 2. The van der Waals surface area contributed by atoms with Gasteiger partial charge in [0.15, 0.2) is 23.0 Å². The largest absolute Gasteiger partial charge is 0.493 e. The smallest absolute Gasteiger partial charge is 0.231 e. The number of ether oxygens (including phenoxy) is 6. The molecule has 0 spiro atoms. The van der Waals surface area contributed by atoms with Gasteiger partial charge < -0.3 is 28.4 Å². The van der Waals surface area contributed by atoms with E-state index < -0.39 is 0 Å². The van der Waals surface area contributed by atoms with E-state index in [-0.39, 0.29) is 31.3 Å². The summed E-state index contributed by atoms with van der Waals surface area (Å²) in [4.78, 5) is 2.32. The van der Waals surface area contributed by atoms with Gasteiger partial charge in [0.25, 0.3) is 0 Å². The van der Waals surface area contributed by atoms with E-state index in [1.54, 1.807) is 21.3 Å². The third kappa shape index (κ3) is 3.23. The molecule has 3 heterocycles. The molecule has 0 aromatic heterocycles. The van der Waals surface area contributed by atoms with E-state index in [4.69, 9.17) is 28.4 Å². The number of hydrogen-bond acceptors (Lipinski definition) is 7. The molecule has 168 valence electrons. The molecule has 7 nitrogen and oxygen atoms in total. The standard InChI is InChI=1S/C22H24BrNO6.ClH/c1-24-8-7-12-15(20(27-4)22-21(16(12)23)29-10-30-22)17(24)19-11-5-6-14(25-2)18(26-3)13(11)9-28-19;/h5-6,17,19H,7-10H2,1-4H3;1H/t17?,19-;/m0./s1. The minimum Gasteiger partial charge on any atom is -0.493 e. The van der Waals surface area contributed by atoms with Crippen molar-refractivity contribution in [3.63, 3.8) is 0 Å². The van der Waals surface area contributed by atoms with Crippen molar-refractivity contribution >= 4 is 28.3 Å². The molecule has 0 amide bonds. The third-order valence-electron chi connectivity index (χ3n) is 6.23. The molecule has 3 aliphatic heterocycles. The van der Waals surface area contributed by atoms with E-state index in [9.17, 15) is 0 Å². The molecule has 0 saturated carbocycles. The van der Waals surface area contributed by atoms with Gasteiger partial charge in [0.05, 0.1) is 38.5 Å². The highest BCUT2D eigenvalue weighted by Crippen LogP contribution is 2.57. The average molecular weight is 515 g/mol. The molecular weight excluding hydrogens is 490 g/mol. The molecule has 0 N–H and O–H groups in total. The van der Waals surface area contributed by atoms with Gasteiger partial charge in [-0.15, -0.1) is 12.4 Å². The molecule has 0 aliphatic carbocycles. The van der Waals surface area contributed by atoms with Crippen LogP contribution in [0.4, 0.5) is 0 Å². The molecule has 0 bridgehead atoms. The Morgan fingerprint density at radius 1 is 1.00 bits per heavy atom.